The molecular weight excluding hydrogens is 342 g/mol. The molecule has 1 aromatic carbocycles. The second-order valence-corrected chi connectivity index (χ2v) is 7.89. The van der Waals surface area contributed by atoms with Crippen LogP contribution in [0.4, 0.5) is 0 Å². The van der Waals surface area contributed by atoms with Gasteiger partial charge in [-0.05, 0) is 43.9 Å². The van der Waals surface area contributed by atoms with Crippen molar-refractivity contribution in [2.75, 3.05) is 0 Å². The van der Waals surface area contributed by atoms with Crippen molar-refractivity contribution in [3.05, 3.63) is 47.5 Å². The molecule has 0 unspecified atom stereocenters. The second-order valence-electron chi connectivity index (χ2n) is 7.45. The van der Waals surface area contributed by atoms with E-state index in [0.29, 0.717) is 24.3 Å². The Morgan fingerprint density at radius 2 is 1.96 bits per heavy atom. The average Bonchev–Trinajstić information content (AvgIpc) is 3.12. The third-order valence-corrected chi connectivity index (χ3v) is 6.18. The van der Waals surface area contributed by atoms with Gasteiger partial charge in [-0.15, -0.1) is 0 Å². The van der Waals surface area contributed by atoms with Crippen molar-refractivity contribution in [2.45, 2.75) is 45.3 Å². The summed E-state index contributed by atoms with van der Waals surface area (Å²) in [6, 6.07) is 7.45. The predicted molar refractivity (Wildman–Crippen MR) is 93.2 cm³/mol. The van der Waals surface area contributed by atoms with E-state index in [9.17, 15) is 15.0 Å². The Labute approximate surface area is 151 Å². The van der Waals surface area contributed by atoms with E-state index in [2.05, 4.69) is 10.1 Å². The molecule has 1 aliphatic rings. The fourth-order valence-electron chi connectivity index (χ4n) is 4.09. The predicted octanol–water partition coefficient (Wildman–Crippen LogP) is 2.80. The first-order chi connectivity index (χ1) is 11.7. The van der Waals surface area contributed by atoms with Gasteiger partial charge in [0, 0.05) is 10.4 Å². The lowest BCUT2D eigenvalue weighted by molar-refractivity contribution is -0.179. The number of aliphatic hydroxyl groups is 1. The molecular formula is C18H22ClN3O3. The molecule has 0 amide bonds. The number of aromatic nitrogens is 3. The first-order valence-corrected chi connectivity index (χ1v) is 8.61. The van der Waals surface area contributed by atoms with Gasteiger partial charge >= 0.3 is 5.97 Å². The van der Waals surface area contributed by atoms with Crippen LogP contribution in [0.5, 0.6) is 0 Å². The van der Waals surface area contributed by atoms with Crippen LogP contribution in [0.3, 0.4) is 0 Å². The first kappa shape index (κ1) is 17.9. The number of carbonyl (C=O) groups is 1. The maximum absolute atomic E-state index is 12.0. The lowest BCUT2D eigenvalue weighted by Crippen LogP contribution is -2.58. The molecule has 7 heteroatoms. The van der Waals surface area contributed by atoms with Gasteiger partial charge < -0.3 is 10.2 Å². The second kappa shape index (κ2) is 6.11. The maximum atomic E-state index is 12.0. The van der Waals surface area contributed by atoms with Gasteiger partial charge in [-0.2, -0.15) is 5.10 Å². The van der Waals surface area contributed by atoms with Crippen LogP contribution >= 0.6 is 11.6 Å². The van der Waals surface area contributed by atoms with Gasteiger partial charge in [0.15, 0.2) is 0 Å². The van der Waals surface area contributed by atoms with Gasteiger partial charge in [0.05, 0.1) is 12.0 Å². The lowest BCUT2D eigenvalue weighted by atomic mass is 9.64. The number of carboxylic acids is 1. The van der Waals surface area contributed by atoms with E-state index in [0.717, 1.165) is 5.56 Å². The highest BCUT2D eigenvalue weighted by Crippen LogP contribution is 2.59. The maximum Gasteiger partial charge on any atom is 0.312 e. The Morgan fingerprint density at radius 3 is 2.52 bits per heavy atom. The first-order valence-electron chi connectivity index (χ1n) is 8.23. The Bertz CT molecular complexity index is 764. The fourth-order valence-corrected chi connectivity index (χ4v) is 4.22. The molecule has 2 aromatic rings. The highest BCUT2D eigenvalue weighted by atomic mass is 35.5. The molecule has 3 atom stereocenters. The zero-order valence-electron chi connectivity index (χ0n) is 14.3. The summed E-state index contributed by atoms with van der Waals surface area (Å²) in [5.41, 5.74) is -2.35. The zero-order valence-corrected chi connectivity index (χ0v) is 15.1. The molecule has 2 N–H and O–H groups in total. The van der Waals surface area contributed by atoms with E-state index in [4.69, 9.17) is 11.6 Å². The largest absolute Gasteiger partial charge is 0.481 e. The van der Waals surface area contributed by atoms with Crippen LogP contribution < -0.4 is 0 Å². The van der Waals surface area contributed by atoms with Crippen molar-refractivity contribution in [2.24, 2.45) is 10.8 Å². The quantitative estimate of drug-likeness (QED) is 0.852. The minimum Gasteiger partial charge on any atom is -0.481 e. The molecule has 1 fully saturated rings. The number of aliphatic carboxylic acids is 1. The summed E-state index contributed by atoms with van der Waals surface area (Å²) in [5, 5.41) is 26.3. The van der Waals surface area contributed by atoms with Gasteiger partial charge in [-0.25, -0.2) is 4.98 Å². The Morgan fingerprint density at radius 1 is 1.28 bits per heavy atom. The van der Waals surface area contributed by atoms with Crippen molar-refractivity contribution in [3.8, 4) is 0 Å². The van der Waals surface area contributed by atoms with Gasteiger partial charge in [0.25, 0.3) is 0 Å². The number of hydrogen-bond donors (Lipinski definition) is 2. The van der Waals surface area contributed by atoms with Crippen LogP contribution in [0.25, 0.3) is 0 Å². The smallest absolute Gasteiger partial charge is 0.312 e. The number of nitrogens with zero attached hydrogens (tertiary/aromatic N) is 3. The molecule has 6 nitrogen and oxygen atoms in total. The molecule has 0 radical (unpaired) electrons. The molecule has 0 aliphatic heterocycles. The summed E-state index contributed by atoms with van der Waals surface area (Å²) in [5.74, 6) is -0.991. The van der Waals surface area contributed by atoms with E-state index in [1.807, 2.05) is 31.2 Å². The lowest BCUT2D eigenvalue weighted by Gasteiger charge is -2.46. The van der Waals surface area contributed by atoms with Crippen molar-refractivity contribution >= 4 is 17.6 Å². The summed E-state index contributed by atoms with van der Waals surface area (Å²) < 4.78 is 1.51. The van der Waals surface area contributed by atoms with Crippen LogP contribution in [-0.4, -0.2) is 36.5 Å². The van der Waals surface area contributed by atoms with Crippen LogP contribution in [0.1, 0.15) is 32.3 Å². The molecule has 1 aliphatic carbocycles. The summed E-state index contributed by atoms with van der Waals surface area (Å²) in [6.45, 7) is 3.66. The van der Waals surface area contributed by atoms with Crippen molar-refractivity contribution in [3.63, 3.8) is 0 Å². The molecule has 1 heterocycles. The van der Waals surface area contributed by atoms with Crippen molar-refractivity contribution in [1.82, 2.24) is 14.8 Å². The SMILES string of the molecule is C[C@@]1(Cc2ccc(Cl)cc2)CC[C@@](C)(C(=O)O)[C@@]1(O)Cn1cncn1. The fraction of sp³-hybridized carbons (Fsp3) is 0.500. The number of benzene rings is 1. The third-order valence-electron chi connectivity index (χ3n) is 5.93. The van der Waals surface area contributed by atoms with Crippen molar-refractivity contribution < 1.29 is 15.0 Å². The van der Waals surface area contributed by atoms with E-state index in [1.165, 1.54) is 17.3 Å². The zero-order chi connectivity index (χ0) is 18.3. The standard InChI is InChI=1S/C18H22ClN3O3/c1-16(9-13-3-5-14(19)6-4-13)7-8-17(2,15(23)24)18(16,25)10-22-12-20-11-21-22/h3-6,11-12,25H,7-10H2,1-2H3,(H,23,24)/t16-,17-,18+/m0/s1. The topological polar surface area (TPSA) is 88.2 Å². The van der Waals surface area contributed by atoms with Crippen LogP contribution in [-0.2, 0) is 17.8 Å². The number of rotatable bonds is 5. The summed E-state index contributed by atoms with van der Waals surface area (Å²) >= 11 is 5.96. The van der Waals surface area contributed by atoms with Crippen LogP contribution in [0.15, 0.2) is 36.9 Å². The number of carboxylic acid groups (broad SMARTS) is 1. The van der Waals surface area contributed by atoms with Crippen LogP contribution in [0, 0.1) is 10.8 Å². The Hall–Kier alpha value is -1.92. The molecule has 1 saturated carbocycles. The monoisotopic (exact) mass is 363 g/mol. The van der Waals surface area contributed by atoms with Crippen molar-refractivity contribution in [1.29, 1.82) is 0 Å². The minimum atomic E-state index is -1.47. The van der Waals surface area contributed by atoms with E-state index in [-0.39, 0.29) is 6.54 Å². The van der Waals surface area contributed by atoms with Gasteiger partial charge in [-0.1, -0.05) is 30.7 Å². The van der Waals surface area contributed by atoms with E-state index in [1.54, 1.807) is 6.92 Å². The summed E-state index contributed by atoms with van der Waals surface area (Å²) in [4.78, 5) is 15.9. The Kier molecular flexibility index (Phi) is 4.37. The van der Waals surface area contributed by atoms with Gasteiger partial charge in [-0.3, -0.25) is 9.48 Å². The minimum absolute atomic E-state index is 0.0832. The molecule has 0 bridgehead atoms. The van der Waals surface area contributed by atoms with E-state index < -0.39 is 22.4 Å². The third kappa shape index (κ3) is 2.83. The average molecular weight is 364 g/mol. The molecule has 0 saturated heterocycles. The number of halogens is 1. The summed E-state index contributed by atoms with van der Waals surface area (Å²) in [7, 11) is 0. The normalized spacial score (nSPS) is 32.0. The van der Waals surface area contributed by atoms with E-state index >= 15 is 0 Å². The molecule has 1 aromatic heterocycles. The Balaban J connectivity index is 2.01. The number of hydrogen-bond acceptors (Lipinski definition) is 4. The van der Waals surface area contributed by atoms with Gasteiger partial charge in [0.2, 0.25) is 0 Å². The summed E-state index contributed by atoms with van der Waals surface area (Å²) in [6.07, 6.45) is 4.44. The van der Waals surface area contributed by atoms with Crippen LogP contribution in [0.2, 0.25) is 5.02 Å². The molecule has 0 spiro atoms. The molecule has 134 valence electrons. The van der Waals surface area contributed by atoms with Gasteiger partial charge in [0.1, 0.15) is 18.3 Å². The highest BCUT2D eigenvalue weighted by Gasteiger charge is 2.66. The molecule has 3 rings (SSSR count). The molecule has 25 heavy (non-hydrogen) atoms. The highest BCUT2D eigenvalue weighted by molar-refractivity contribution is 6.30.